The molecular weight excluding hydrogens is 522 g/mol. The van der Waals surface area contributed by atoms with Crippen molar-refractivity contribution in [2.45, 2.75) is 49.9 Å². The summed E-state index contributed by atoms with van der Waals surface area (Å²) >= 11 is 6.15. The number of likely N-dealkylation sites (tertiary alicyclic amines) is 2. The van der Waals surface area contributed by atoms with Gasteiger partial charge in [-0.15, -0.1) is 0 Å². The van der Waals surface area contributed by atoms with E-state index in [9.17, 15) is 19.8 Å². The van der Waals surface area contributed by atoms with Crippen molar-refractivity contribution < 1.29 is 29.3 Å². The van der Waals surface area contributed by atoms with Crippen molar-refractivity contribution in [2.24, 2.45) is 0 Å². The van der Waals surface area contributed by atoms with Crippen LogP contribution in [-0.2, 0) is 11.2 Å². The Hall–Kier alpha value is -3.01. The van der Waals surface area contributed by atoms with Gasteiger partial charge in [-0.25, -0.2) is 0 Å². The van der Waals surface area contributed by atoms with Crippen LogP contribution in [-0.4, -0.2) is 101 Å². The summed E-state index contributed by atoms with van der Waals surface area (Å²) in [5, 5.41) is 21.5. The Balaban J connectivity index is 1.16. The van der Waals surface area contributed by atoms with Crippen LogP contribution in [0, 0.1) is 0 Å². The van der Waals surface area contributed by atoms with Crippen LogP contribution in [0.1, 0.15) is 41.6 Å². The smallest absolute Gasteiger partial charge is 0.258 e. The van der Waals surface area contributed by atoms with E-state index >= 15 is 0 Å². The van der Waals surface area contributed by atoms with Gasteiger partial charge in [-0.05, 0) is 48.7 Å². The normalized spacial score (nSPS) is 20.9. The zero-order valence-electron chi connectivity index (χ0n) is 22.4. The number of halogens is 1. The molecule has 0 saturated carbocycles. The quantitative estimate of drug-likeness (QED) is 0.539. The molecule has 5 rings (SSSR count). The molecular formula is C29H36ClN3O6. The highest BCUT2D eigenvalue weighted by Gasteiger charge is 2.42. The van der Waals surface area contributed by atoms with Crippen molar-refractivity contribution >= 4 is 23.4 Å². The number of aliphatic hydroxyl groups is 1. The number of hydrogen-bond acceptors (Lipinski definition) is 7. The first-order valence-corrected chi connectivity index (χ1v) is 13.9. The molecule has 3 aliphatic heterocycles. The summed E-state index contributed by atoms with van der Waals surface area (Å²) < 4.78 is 12.2. The fourth-order valence-electron chi connectivity index (χ4n) is 5.89. The van der Waals surface area contributed by atoms with Gasteiger partial charge in [-0.1, -0.05) is 11.6 Å². The van der Waals surface area contributed by atoms with E-state index in [2.05, 4.69) is 4.90 Å². The molecule has 2 N–H and O–H groups in total. The van der Waals surface area contributed by atoms with Crippen molar-refractivity contribution in [3.8, 4) is 17.2 Å². The highest BCUT2D eigenvalue weighted by atomic mass is 35.5. The second kappa shape index (κ2) is 11.2. The molecule has 9 nitrogen and oxygen atoms in total. The maximum atomic E-state index is 13.4. The summed E-state index contributed by atoms with van der Waals surface area (Å²) in [7, 11) is 3.36. The molecule has 0 radical (unpaired) electrons. The summed E-state index contributed by atoms with van der Waals surface area (Å²) in [6, 6.07) is 9.56. The number of phenolic OH excluding ortho intramolecular Hbond substituents is 1. The van der Waals surface area contributed by atoms with Crippen molar-refractivity contribution in [3.63, 3.8) is 0 Å². The Morgan fingerprint density at radius 2 is 1.95 bits per heavy atom. The average molecular weight is 558 g/mol. The van der Waals surface area contributed by atoms with E-state index in [4.69, 9.17) is 21.1 Å². The lowest BCUT2D eigenvalue weighted by Crippen LogP contribution is -2.49. The Kier molecular flexibility index (Phi) is 7.94. The molecule has 0 aromatic heterocycles. The van der Waals surface area contributed by atoms with Crippen molar-refractivity contribution in [1.29, 1.82) is 0 Å². The topological polar surface area (TPSA) is 103 Å². The first-order valence-electron chi connectivity index (χ1n) is 13.5. The number of aliphatic hydroxyl groups excluding tert-OH is 1. The molecule has 3 aliphatic rings. The fraction of sp³-hybridized carbons (Fsp3) is 0.517. The Bertz CT molecular complexity index is 1230. The molecule has 2 saturated heterocycles. The Morgan fingerprint density at radius 3 is 2.69 bits per heavy atom. The zero-order valence-corrected chi connectivity index (χ0v) is 23.2. The lowest BCUT2D eigenvalue weighted by atomic mass is 9.87. The fourth-order valence-corrected chi connectivity index (χ4v) is 6.08. The van der Waals surface area contributed by atoms with Crippen LogP contribution in [0.3, 0.4) is 0 Å². The molecule has 1 spiro atoms. The number of nitrogens with zero attached hydrogens (tertiary/aromatic N) is 3. The maximum absolute atomic E-state index is 13.4. The molecule has 2 atom stereocenters. The summed E-state index contributed by atoms with van der Waals surface area (Å²) in [6.45, 7) is 2.43. The predicted molar refractivity (Wildman–Crippen MR) is 147 cm³/mol. The van der Waals surface area contributed by atoms with E-state index in [1.165, 1.54) is 23.1 Å². The van der Waals surface area contributed by atoms with Crippen molar-refractivity contribution in [1.82, 2.24) is 14.7 Å². The van der Waals surface area contributed by atoms with Crippen LogP contribution >= 0.6 is 11.6 Å². The SMILES string of the molecule is CN(C)C(=O)C1CCCN1C(=O)c1ccc(O)cc1OC[C@@H](O)CN1CCC2(CC1)Cc1cc(Cl)ccc1O2. The third kappa shape index (κ3) is 5.95. The van der Waals surface area contributed by atoms with Crippen LogP contribution in [0.25, 0.3) is 0 Å². The number of β-amino-alcohol motifs (C(OH)–C–C–N with tert-alkyl or cyclic N) is 1. The molecule has 2 fully saturated rings. The second-order valence-electron chi connectivity index (χ2n) is 11.0. The zero-order chi connectivity index (χ0) is 27.7. The number of fused-ring (bicyclic) bond motifs is 1. The van der Waals surface area contributed by atoms with Crippen LogP contribution in [0.2, 0.25) is 5.02 Å². The lowest BCUT2D eigenvalue weighted by molar-refractivity contribution is -0.132. The standard InChI is InChI=1S/C29H36ClN3O6/c1-31(2)28(37)24-4-3-11-33(24)27(36)23-7-6-21(34)15-26(23)38-18-22(35)17-32-12-9-29(10-13-32)16-19-14-20(30)5-8-25(19)39-29/h5-8,14-15,22,24,34-35H,3-4,9-13,16-18H2,1-2H3/t22-,24?/m0/s1. The van der Waals surface area contributed by atoms with E-state index < -0.39 is 12.1 Å². The number of phenols is 1. The molecule has 2 aromatic rings. The molecule has 2 amide bonds. The molecule has 1 unspecified atom stereocenters. The van der Waals surface area contributed by atoms with E-state index in [0.29, 0.717) is 24.5 Å². The number of carbonyl (C=O) groups excluding carboxylic acids is 2. The Morgan fingerprint density at radius 1 is 1.18 bits per heavy atom. The van der Waals surface area contributed by atoms with Gasteiger partial charge >= 0.3 is 0 Å². The summed E-state index contributed by atoms with van der Waals surface area (Å²) in [5.74, 6) is 0.617. The number of amides is 2. The highest BCUT2D eigenvalue weighted by molar-refractivity contribution is 6.30. The van der Waals surface area contributed by atoms with Gasteiger partial charge in [-0.2, -0.15) is 0 Å². The summed E-state index contributed by atoms with van der Waals surface area (Å²) in [6.07, 6.45) is 3.10. The highest BCUT2D eigenvalue weighted by Crippen LogP contribution is 2.42. The van der Waals surface area contributed by atoms with E-state index in [1.54, 1.807) is 19.0 Å². The van der Waals surface area contributed by atoms with Gasteiger partial charge in [0.2, 0.25) is 5.91 Å². The van der Waals surface area contributed by atoms with Gasteiger partial charge in [0.25, 0.3) is 5.91 Å². The number of rotatable bonds is 7. The van der Waals surface area contributed by atoms with Crippen LogP contribution in [0.5, 0.6) is 17.2 Å². The van der Waals surface area contributed by atoms with Crippen molar-refractivity contribution in [2.75, 3.05) is 46.9 Å². The molecule has 210 valence electrons. The van der Waals surface area contributed by atoms with Crippen LogP contribution in [0.4, 0.5) is 0 Å². The van der Waals surface area contributed by atoms with E-state index in [0.717, 1.165) is 50.1 Å². The maximum Gasteiger partial charge on any atom is 0.258 e. The van der Waals surface area contributed by atoms with Gasteiger partial charge in [-0.3, -0.25) is 9.59 Å². The van der Waals surface area contributed by atoms with Gasteiger partial charge in [0.1, 0.15) is 41.6 Å². The third-order valence-corrected chi connectivity index (χ3v) is 8.20. The lowest BCUT2D eigenvalue weighted by Gasteiger charge is -2.39. The van der Waals surface area contributed by atoms with Gasteiger partial charge in [0.15, 0.2) is 0 Å². The molecule has 2 aromatic carbocycles. The first kappa shape index (κ1) is 27.6. The summed E-state index contributed by atoms with van der Waals surface area (Å²) in [5.41, 5.74) is 1.19. The second-order valence-corrected chi connectivity index (χ2v) is 11.5. The van der Waals surface area contributed by atoms with E-state index in [-0.39, 0.29) is 41.1 Å². The predicted octanol–water partition coefficient (Wildman–Crippen LogP) is 2.95. The number of aromatic hydroxyl groups is 1. The van der Waals surface area contributed by atoms with Gasteiger partial charge in [0, 0.05) is 70.6 Å². The largest absolute Gasteiger partial charge is 0.508 e. The number of hydrogen-bond donors (Lipinski definition) is 2. The minimum atomic E-state index is -0.792. The first-order chi connectivity index (χ1) is 18.6. The van der Waals surface area contributed by atoms with E-state index in [1.807, 2.05) is 18.2 Å². The number of benzene rings is 2. The number of ether oxygens (including phenoxy) is 2. The molecule has 10 heteroatoms. The van der Waals surface area contributed by atoms with Crippen LogP contribution < -0.4 is 9.47 Å². The van der Waals surface area contributed by atoms with Crippen molar-refractivity contribution in [3.05, 3.63) is 52.5 Å². The molecule has 0 aliphatic carbocycles. The van der Waals surface area contributed by atoms with Crippen LogP contribution in [0.15, 0.2) is 36.4 Å². The van der Waals surface area contributed by atoms with Gasteiger partial charge < -0.3 is 34.4 Å². The number of likely N-dealkylation sites (N-methyl/N-ethyl adjacent to an activating group) is 1. The Labute approximate surface area is 233 Å². The molecule has 39 heavy (non-hydrogen) atoms. The minimum Gasteiger partial charge on any atom is -0.508 e. The average Bonchev–Trinajstić information content (AvgIpc) is 3.53. The number of piperidine rings is 1. The number of carbonyl (C=O) groups is 2. The summed E-state index contributed by atoms with van der Waals surface area (Å²) in [4.78, 5) is 31.3. The van der Waals surface area contributed by atoms with Gasteiger partial charge in [0.05, 0.1) is 5.56 Å². The molecule has 3 heterocycles. The third-order valence-electron chi connectivity index (χ3n) is 7.96. The minimum absolute atomic E-state index is 0.0358. The monoisotopic (exact) mass is 557 g/mol. The molecule has 0 bridgehead atoms.